The minimum Gasteiger partial charge on any atom is -0.493 e. The van der Waals surface area contributed by atoms with Gasteiger partial charge < -0.3 is 19.5 Å². The molecule has 4 aromatic rings. The zero-order chi connectivity index (χ0) is 31.1. The number of rotatable bonds is 11. The Morgan fingerprint density at radius 3 is 2.12 bits per heavy atom. The summed E-state index contributed by atoms with van der Waals surface area (Å²) >= 11 is 5.99. The fourth-order valence-electron chi connectivity index (χ4n) is 4.23. The zero-order valence-corrected chi connectivity index (χ0v) is 25.0. The van der Waals surface area contributed by atoms with E-state index < -0.39 is 32.6 Å². The first-order valence-corrected chi connectivity index (χ1v) is 14.6. The van der Waals surface area contributed by atoms with Crippen molar-refractivity contribution in [3.05, 3.63) is 118 Å². The SMILES string of the molecule is COC(=O)c1ccc(CN(Cc2ccc(OC)c(OC)c2)S(=O)(=O)c2cc(C(=O)Nc3cccc(Cl)c3)ccc2F)cc1. The Labute approximate surface area is 253 Å². The molecule has 0 aliphatic rings. The second-order valence-corrected chi connectivity index (χ2v) is 11.6. The first-order chi connectivity index (χ1) is 20.5. The van der Waals surface area contributed by atoms with E-state index in [4.69, 9.17) is 25.8 Å². The molecule has 224 valence electrons. The number of anilines is 1. The Morgan fingerprint density at radius 1 is 0.814 bits per heavy atom. The lowest BCUT2D eigenvalue weighted by molar-refractivity contribution is 0.0600. The van der Waals surface area contributed by atoms with Crippen LogP contribution in [0.5, 0.6) is 11.5 Å². The van der Waals surface area contributed by atoms with Crippen LogP contribution >= 0.6 is 11.6 Å². The van der Waals surface area contributed by atoms with E-state index in [0.717, 1.165) is 16.4 Å². The van der Waals surface area contributed by atoms with Gasteiger partial charge in [-0.2, -0.15) is 4.31 Å². The second-order valence-electron chi connectivity index (χ2n) is 9.26. The number of carbonyl (C=O) groups is 2. The number of nitrogens with one attached hydrogen (secondary N) is 1. The number of amides is 1. The summed E-state index contributed by atoms with van der Waals surface area (Å²) in [6, 6.07) is 20.6. The number of sulfonamides is 1. The number of methoxy groups -OCH3 is 3. The van der Waals surface area contributed by atoms with Crippen molar-refractivity contribution in [1.29, 1.82) is 0 Å². The molecular weight excluding hydrogens is 599 g/mol. The van der Waals surface area contributed by atoms with Gasteiger partial charge in [-0.3, -0.25) is 4.79 Å². The summed E-state index contributed by atoms with van der Waals surface area (Å²) in [7, 11) is -0.352. The monoisotopic (exact) mass is 626 g/mol. The van der Waals surface area contributed by atoms with Crippen LogP contribution in [0.2, 0.25) is 5.02 Å². The fraction of sp³-hybridized carbons (Fsp3) is 0.161. The molecule has 12 heteroatoms. The van der Waals surface area contributed by atoms with Gasteiger partial charge in [0.15, 0.2) is 11.5 Å². The number of carbonyl (C=O) groups excluding carboxylic acids is 2. The van der Waals surface area contributed by atoms with Crippen LogP contribution in [-0.4, -0.2) is 45.9 Å². The average Bonchev–Trinajstić information content (AvgIpc) is 3.00. The standard InChI is InChI=1S/C31H28ClFN2O7S/c1-40-27-14-9-21(15-28(27)41-2)19-35(18-20-7-10-22(11-8-20)31(37)42-3)43(38,39)29-16-23(12-13-26(29)33)30(36)34-25-6-4-5-24(32)17-25/h4-17H,18-19H2,1-3H3,(H,34,36). The number of esters is 1. The van der Waals surface area contributed by atoms with Crippen LogP contribution in [0.1, 0.15) is 31.8 Å². The van der Waals surface area contributed by atoms with Crippen LogP contribution in [0.4, 0.5) is 10.1 Å². The Bertz CT molecular complexity index is 1750. The number of halogens is 2. The largest absolute Gasteiger partial charge is 0.493 e. The quantitative estimate of drug-likeness (QED) is 0.206. The highest BCUT2D eigenvalue weighted by Gasteiger charge is 2.29. The maximum Gasteiger partial charge on any atom is 0.337 e. The molecule has 1 N–H and O–H groups in total. The molecule has 0 atom stereocenters. The van der Waals surface area contributed by atoms with Gasteiger partial charge in [-0.25, -0.2) is 17.6 Å². The molecule has 4 aromatic carbocycles. The Hall–Kier alpha value is -4.45. The number of hydrogen-bond donors (Lipinski definition) is 1. The van der Waals surface area contributed by atoms with Crippen LogP contribution < -0.4 is 14.8 Å². The molecule has 4 rings (SSSR count). The maximum absolute atomic E-state index is 15.2. The molecule has 0 spiro atoms. The summed E-state index contributed by atoms with van der Waals surface area (Å²) in [4.78, 5) is 24.1. The smallest absolute Gasteiger partial charge is 0.337 e. The summed E-state index contributed by atoms with van der Waals surface area (Å²) < 4.78 is 59.7. The molecule has 0 heterocycles. The molecule has 0 saturated carbocycles. The van der Waals surface area contributed by atoms with Gasteiger partial charge in [0.25, 0.3) is 5.91 Å². The van der Waals surface area contributed by atoms with Crippen LogP contribution in [0, 0.1) is 5.82 Å². The van der Waals surface area contributed by atoms with Crippen molar-refractivity contribution in [2.45, 2.75) is 18.0 Å². The summed E-state index contributed by atoms with van der Waals surface area (Å²) in [5.74, 6) is -1.40. The van der Waals surface area contributed by atoms with Crippen molar-refractivity contribution >= 4 is 39.2 Å². The Balaban J connectivity index is 1.72. The van der Waals surface area contributed by atoms with Crippen molar-refractivity contribution in [2.24, 2.45) is 0 Å². The van der Waals surface area contributed by atoms with E-state index in [-0.39, 0.29) is 24.2 Å². The Morgan fingerprint density at radius 2 is 1.47 bits per heavy atom. The molecule has 0 bridgehead atoms. The second kappa shape index (κ2) is 13.7. The highest BCUT2D eigenvalue weighted by molar-refractivity contribution is 7.89. The highest BCUT2D eigenvalue weighted by Crippen LogP contribution is 2.30. The van der Waals surface area contributed by atoms with Crippen molar-refractivity contribution in [3.63, 3.8) is 0 Å². The number of ether oxygens (including phenoxy) is 3. The highest BCUT2D eigenvalue weighted by atomic mass is 35.5. The van der Waals surface area contributed by atoms with Crippen molar-refractivity contribution in [1.82, 2.24) is 4.31 Å². The lowest BCUT2D eigenvalue weighted by atomic mass is 10.1. The van der Waals surface area contributed by atoms with Gasteiger partial charge in [0.1, 0.15) is 10.7 Å². The topological polar surface area (TPSA) is 111 Å². The maximum atomic E-state index is 15.2. The van der Waals surface area contributed by atoms with Crippen LogP contribution in [0.3, 0.4) is 0 Å². The first-order valence-electron chi connectivity index (χ1n) is 12.8. The summed E-state index contributed by atoms with van der Waals surface area (Å²) in [6.45, 7) is -0.365. The molecule has 0 fully saturated rings. The van der Waals surface area contributed by atoms with Crippen molar-refractivity contribution in [3.8, 4) is 11.5 Å². The minimum absolute atomic E-state index is 0.0755. The lowest BCUT2D eigenvalue weighted by Crippen LogP contribution is -2.31. The molecule has 0 unspecified atom stereocenters. The Kier molecular flexibility index (Phi) is 10.0. The summed E-state index contributed by atoms with van der Waals surface area (Å²) in [6.07, 6.45) is 0. The van der Waals surface area contributed by atoms with Crippen molar-refractivity contribution in [2.75, 3.05) is 26.6 Å². The van der Waals surface area contributed by atoms with E-state index >= 15 is 4.39 Å². The molecule has 0 aromatic heterocycles. The van der Waals surface area contributed by atoms with E-state index in [1.165, 1.54) is 45.6 Å². The van der Waals surface area contributed by atoms with Gasteiger partial charge in [-0.1, -0.05) is 35.9 Å². The molecule has 9 nitrogen and oxygen atoms in total. The fourth-order valence-corrected chi connectivity index (χ4v) is 5.92. The van der Waals surface area contributed by atoms with Gasteiger partial charge in [-0.15, -0.1) is 0 Å². The van der Waals surface area contributed by atoms with Gasteiger partial charge in [-0.05, 0) is 71.8 Å². The van der Waals surface area contributed by atoms with Crippen LogP contribution in [0.15, 0.2) is 89.8 Å². The van der Waals surface area contributed by atoms with Crippen LogP contribution in [0.25, 0.3) is 0 Å². The third-order valence-electron chi connectivity index (χ3n) is 6.43. The normalized spacial score (nSPS) is 11.2. The lowest BCUT2D eigenvalue weighted by Gasteiger charge is -2.24. The van der Waals surface area contributed by atoms with E-state index in [9.17, 15) is 18.0 Å². The molecule has 0 saturated heterocycles. The molecule has 1 amide bonds. The van der Waals surface area contributed by atoms with Gasteiger partial charge in [0.2, 0.25) is 10.0 Å². The number of hydrogen-bond acceptors (Lipinski definition) is 7. The minimum atomic E-state index is -4.54. The number of benzene rings is 4. The van der Waals surface area contributed by atoms with Gasteiger partial charge in [0, 0.05) is 29.4 Å². The van der Waals surface area contributed by atoms with E-state index in [1.807, 2.05) is 0 Å². The molecule has 0 aliphatic carbocycles. The van der Waals surface area contributed by atoms with Crippen LogP contribution in [-0.2, 0) is 27.8 Å². The summed E-state index contributed by atoms with van der Waals surface area (Å²) in [5.41, 5.74) is 1.64. The predicted octanol–water partition coefficient (Wildman–Crippen LogP) is 5.93. The van der Waals surface area contributed by atoms with Gasteiger partial charge >= 0.3 is 5.97 Å². The predicted molar refractivity (Wildman–Crippen MR) is 160 cm³/mol. The molecule has 43 heavy (non-hydrogen) atoms. The van der Waals surface area contributed by atoms with Gasteiger partial charge in [0.05, 0.1) is 26.9 Å². The molecular formula is C31H28ClFN2O7S. The zero-order valence-electron chi connectivity index (χ0n) is 23.5. The summed E-state index contributed by atoms with van der Waals surface area (Å²) in [5, 5.41) is 3.03. The first kappa shape index (κ1) is 31.5. The third kappa shape index (κ3) is 7.50. The number of nitrogens with zero attached hydrogens (tertiary/aromatic N) is 1. The van der Waals surface area contributed by atoms with E-state index in [1.54, 1.807) is 48.5 Å². The molecule has 0 aliphatic heterocycles. The van der Waals surface area contributed by atoms with E-state index in [0.29, 0.717) is 33.3 Å². The van der Waals surface area contributed by atoms with E-state index in [2.05, 4.69) is 5.32 Å². The van der Waals surface area contributed by atoms with Crippen molar-refractivity contribution < 1.29 is 36.6 Å². The average molecular weight is 627 g/mol. The molecule has 0 radical (unpaired) electrons. The third-order valence-corrected chi connectivity index (χ3v) is 8.48.